The standard InChI is InChI=1S/C8H11NO6/c9-4(6(12)13)2-8(7(14)15)1-3(8)5(10)11/h3-4H,1-2,9H2,(H,10,11)(H,12,13)(H,14,15)/t3-,4-,8-/m0/s1. The summed E-state index contributed by atoms with van der Waals surface area (Å²) in [5, 5.41) is 26.0. The summed E-state index contributed by atoms with van der Waals surface area (Å²) in [6.45, 7) is 0. The lowest BCUT2D eigenvalue weighted by atomic mass is 9.94. The zero-order chi connectivity index (χ0) is 11.8. The van der Waals surface area contributed by atoms with Crippen LogP contribution < -0.4 is 5.73 Å². The van der Waals surface area contributed by atoms with E-state index in [0.29, 0.717) is 0 Å². The molecule has 1 fully saturated rings. The summed E-state index contributed by atoms with van der Waals surface area (Å²) >= 11 is 0. The summed E-state index contributed by atoms with van der Waals surface area (Å²) in [6.07, 6.45) is -0.409. The van der Waals surface area contributed by atoms with Gasteiger partial charge in [-0.1, -0.05) is 0 Å². The van der Waals surface area contributed by atoms with Crippen LogP contribution in [0.4, 0.5) is 0 Å². The lowest BCUT2D eigenvalue weighted by molar-refractivity contribution is -0.150. The Labute approximate surface area is 84.5 Å². The Balaban J connectivity index is 2.75. The number of hydrogen-bond acceptors (Lipinski definition) is 4. The maximum absolute atomic E-state index is 10.8. The normalized spacial score (nSPS) is 30.6. The van der Waals surface area contributed by atoms with Crippen molar-refractivity contribution in [1.29, 1.82) is 0 Å². The zero-order valence-corrected chi connectivity index (χ0v) is 7.71. The molecule has 0 unspecified atom stereocenters. The molecule has 15 heavy (non-hydrogen) atoms. The fourth-order valence-corrected chi connectivity index (χ4v) is 1.66. The molecule has 7 nitrogen and oxygen atoms in total. The minimum Gasteiger partial charge on any atom is -0.481 e. The molecule has 0 spiro atoms. The van der Waals surface area contributed by atoms with Gasteiger partial charge in [0, 0.05) is 0 Å². The van der Waals surface area contributed by atoms with Crippen molar-refractivity contribution in [3.8, 4) is 0 Å². The number of carbonyl (C=O) groups is 3. The van der Waals surface area contributed by atoms with Crippen LogP contribution in [-0.2, 0) is 14.4 Å². The Hall–Kier alpha value is -1.63. The average Bonchev–Trinajstić information content (AvgIpc) is 2.80. The van der Waals surface area contributed by atoms with Gasteiger partial charge in [0.1, 0.15) is 6.04 Å². The fourth-order valence-electron chi connectivity index (χ4n) is 1.66. The highest BCUT2D eigenvalue weighted by molar-refractivity contribution is 5.90. The van der Waals surface area contributed by atoms with E-state index < -0.39 is 35.3 Å². The maximum Gasteiger partial charge on any atom is 0.320 e. The van der Waals surface area contributed by atoms with Crippen molar-refractivity contribution in [1.82, 2.24) is 0 Å². The van der Waals surface area contributed by atoms with Gasteiger partial charge in [-0.25, -0.2) is 0 Å². The third-order valence-corrected chi connectivity index (χ3v) is 2.70. The van der Waals surface area contributed by atoms with Crippen LogP contribution in [0.2, 0.25) is 0 Å². The van der Waals surface area contributed by atoms with Gasteiger partial charge < -0.3 is 21.1 Å². The molecule has 1 saturated carbocycles. The molecule has 84 valence electrons. The molecule has 0 radical (unpaired) electrons. The number of aliphatic carboxylic acids is 3. The molecule has 7 heteroatoms. The van der Waals surface area contributed by atoms with Gasteiger partial charge in [0.2, 0.25) is 0 Å². The van der Waals surface area contributed by atoms with E-state index in [1.54, 1.807) is 0 Å². The summed E-state index contributed by atoms with van der Waals surface area (Å²) in [7, 11) is 0. The molecule has 0 aromatic heterocycles. The van der Waals surface area contributed by atoms with Crippen LogP contribution in [0, 0.1) is 11.3 Å². The lowest BCUT2D eigenvalue weighted by Crippen LogP contribution is -2.36. The van der Waals surface area contributed by atoms with Gasteiger partial charge in [0.25, 0.3) is 0 Å². The van der Waals surface area contributed by atoms with Crippen molar-refractivity contribution < 1.29 is 29.7 Å². The van der Waals surface area contributed by atoms with E-state index in [4.69, 9.17) is 21.1 Å². The van der Waals surface area contributed by atoms with E-state index in [1.807, 2.05) is 0 Å². The van der Waals surface area contributed by atoms with Crippen molar-refractivity contribution in [2.24, 2.45) is 17.1 Å². The molecule has 1 aliphatic carbocycles. The lowest BCUT2D eigenvalue weighted by Gasteiger charge is -2.13. The summed E-state index contributed by atoms with van der Waals surface area (Å²) in [4.78, 5) is 31.9. The summed E-state index contributed by atoms with van der Waals surface area (Å²) < 4.78 is 0. The minimum absolute atomic E-state index is 0.0569. The maximum atomic E-state index is 10.8. The number of hydrogen-bond donors (Lipinski definition) is 4. The van der Waals surface area contributed by atoms with Crippen LogP contribution in [0.3, 0.4) is 0 Å². The van der Waals surface area contributed by atoms with Crippen LogP contribution in [-0.4, -0.2) is 39.3 Å². The topological polar surface area (TPSA) is 138 Å². The summed E-state index contributed by atoms with van der Waals surface area (Å²) in [5.41, 5.74) is 3.69. The van der Waals surface area contributed by atoms with Gasteiger partial charge >= 0.3 is 17.9 Å². The Morgan fingerprint density at radius 2 is 1.87 bits per heavy atom. The number of rotatable bonds is 5. The first-order valence-corrected chi connectivity index (χ1v) is 4.26. The molecule has 3 atom stereocenters. The van der Waals surface area contributed by atoms with E-state index in [-0.39, 0.29) is 12.8 Å². The quantitative estimate of drug-likeness (QED) is 0.461. The molecular formula is C8H11NO6. The Morgan fingerprint density at radius 1 is 1.33 bits per heavy atom. The molecule has 0 amide bonds. The molecule has 0 bridgehead atoms. The van der Waals surface area contributed by atoms with Crippen LogP contribution in [0.25, 0.3) is 0 Å². The minimum atomic E-state index is -1.50. The monoisotopic (exact) mass is 217 g/mol. The number of carboxylic acid groups (broad SMARTS) is 3. The first-order chi connectivity index (χ1) is 6.81. The summed E-state index contributed by atoms with van der Waals surface area (Å²) in [6, 6.07) is -1.34. The molecule has 1 rings (SSSR count). The van der Waals surface area contributed by atoms with Crippen molar-refractivity contribution in [3.05, 3.63) is 0 Å². The van der Waals surface area contributed by atoms with E-state index >= 15 is 0 Å². The van der Waals surface area contributed by atoms with Crippen molar-refractivity contribution in [2.75, 3.05) is 0 Å². The van der Waals surface area contributed by atoms with E-state index in [0.717, 1.165) is 0 Å². The van der Waals surface area contributed by atoms with E-state index in [2.05, 4.69) is 0 Å². The number of nitrogens with two attached hydrogens (primary N) is 1. The highest BCUT2D eigenvalue weighted by Gasteiger charge is 2.65. The molecule has 0 heterocycles. The fraction of sp³-hybridized carbons (Fsp3) is 0.625. The van der Waals surface area contributed by atoms with Gasteiger partial charge in [0.15, 0.2) is 0 Å². The first kappa shape index (κ1) is 11.4. The predicted octanol–water partition coefficient (Wildman–Crippen LogP) is -1.04. The molecule has 0 aromatic carbocycles. The van der Waals surface area contributed by atoms with Crippen LogP contribution in [0.15, 0.2) is 0 Å². The third kappa shape index (κ3) is 1.91. The highest BCUT2D eigenvalue weighted by atomic mass is 16.4. The SMILES string of the molecule is N[C@@H](C[C@@]1(C(=O)O)C[C@H]1C(=O)O)C(=O)O. The zero-order valence-electron chi connectivity index (χ0n) is 7.71. The highest BCUT2D eigenvalue weighted by Crippen LogP contribution is 2.56. The van der Waals surface area contributed by atoms with Crippen molar-refractivity contribution in [3.63, 3.8) is 0 Å². The van der Waals surface area contributed by atoms with Gasteiger partial charge in [-0.15, -0.1) is 0 Å². The molecule has 1 aliphatic rings. The molecule has 0 aliphatic heterocycles. The average molecular weight is 217 g/mol. The molecular weight excluding hydrogens is 206 g/mol. The van der Waals surface area contributed by atoms with Gasteiger partial charge in [-0.2, -0.15) is 0 Å². The van der Waals surface area contributed by atoms with Gasteiger partial charge in [-0.05, 0) is 12.8 Å². The smallest absolute Gasteiger partial charge is 0.320 e. The molecule has 0 saturated heterocycles. The van der Waals surface area contributed by atoms with Crippen molar-refractivity contribution >= 4 is 17.9 Å². The predicted molar refractivity (Wildman–Crippen MR) is 46.0 cm³/mol. The second-order valence-corrected chi connectivity index (χ2v) is 3.71. The number of carboxylic acids is 3. The van der Waals surface area contributed by atoms with Crippen LogP contribution in [0.5, 0.6) is 0 Å². The summed E-state index contributed by atoms with van der Waals surface area (Å²) in [5.74, 6) is -4.88. The van der Waals surface area contributed by atoms with Gasteiger partial charge in [0.05, 0.1) is 11.3 Å². The molecule has 5 N–H and O–H groups in total. The third-order valence-electron chi connectivity index (χ3n) is 2.70. The van der Waals surface area contributed by atoms with Crippen molar-refractivity contribution in [2.45, 2.75) is 18.9 Å². The second kappa shape index (κ2) is 3.50. The second-order valence-electron chi connectivity index (χ2n) is 3.71. The first-order valence-electron chi connectivity index (χ1n) is 4.26. The van der Waals surface area contributed by atoms with Gasteiger partial charge in [-0.3, -0.25) is 14.4 Å². The molecule has 0 aromatic rings. The van der Waals surface area contributed by atoms with Crippen LogP contribution >= 0.6 is 0 Å². The Kier molecular flexibility index (Phi) is 2.67. The van der Waals surface area contributed by atoms with E-state index in [9.17, 15) is 14.4 Å². The van der Waals surface area contributed by atoms with E-state index in [1.165, 1.54) is 0 Å². The van der Waals surface area contributed by atoms with Crippen LogP contribution in [0.1, 0.15) is 12.8 Å². The Morgan fingerprint density at radius 3 is 2.13 bits per heavy atom. The largest absolute Gasteiger partial charge is 0.481 e. The Bertz CT molecular complexity index is 327.